The number of benzene rings is 2. The van der Waals surface area contributed by atoms with Gasteiger partial charge < -0.3 is 19.8 Å². The Morgan fingerprint density at radius 2 is 1.79 bits per heavy atom. The fourth-order valence-corrected chi connectivity index (χ4v) is 3.92. The van der Waals surface area contributed by atoms with E-state index in [1.54, 1.807) is 60.9 Å². The Kier molecular flexibility index (Phi) is 6.63. The quantitative estimate of drug-likeness (QED) is 0.308. The molecule has 1 unspecified atom stereocenters. The molecule has 2 heterocycles. The van der Waals surface area contributed by atoms with Crippen LogP contribution in [-0.4, -0.2) is 38.4 Å². The Morgan fingerprint density at radius 3 is 2.50 bits per heavy atom. The number of aliphatic hydroxyl groups excluding tert-OH is 1. The van der Waals surface area contributed by atoms with Crippen LogP contribution in [0, 0.1) is 5.92 Å². The Labute approximate surface area is 198 Å². The van der Waals surface area contributed by atoms with E-state index in [0.717, 1.165) is 5.56 Å². The SMILES string of the molecule is CC(C)COc1cccc(/C(O)=C2/C(=O)C(=O)N(Cc3ccncc3)C2c2cccc(O)c2)c1. The largest absolute Gasteiger partial charge is 0.508 e. The molecule has 1 aliphatic heterocycles. The number of hydrogen-bond donors (Lipinski definition) is 2. The molecule has 1 fully saturated rings. The lowest BCUT2D eigenvalue weighted by molar-refractivity contribution is -0.140. The molecule has 0 aliphatic carbocycles. The van der Waals surface area contributed by atoms with Gasteiger partial charge in [0.25, 0.3) is 11.7 Å². The van der Waals surface area contributed by atoms with Gasteiger partial charge in [0, 0.05) is 24.5 Å². The number of pyridine rings is 1. The van der Waals surface area contributed by atoms with Crippen molar-refractivity contribution in [2.75, 3.05) is 6.61 Å². The number of phenolic OH excluding ortho intramolecular Hbond substituents is 1. The van der Waals surface area contributed by atoms with Crippen molar-refractivity contribution >= 4 is 17.4 Å². The highest BCUT2D eigenvalue weighted by Crippen LogP contribution is 2.41. The zero-order valence-electron chi connectivity index (χ0n) is 19.0. The molecule has 0 saturated carbocycles. The normalized spacial score (nSPS) is 17.4. The molecule has 3 aromatic rings. The van der Waals surface area contributed by atoms with Gasteiger partial charge in [-0.2, -0.15) is 0 Å². The first-order valence-corrected chi connectivity index (χ1v) is 11.0. The molecule has 1 atom stereocenters. The molecular formula is C27H26N2O5. The number of ether oxygens (including phenoxy) is 1. The molecule has 1 aromatic heterocycles. The molecule has 0 bridgehead atoms. The molecule has 2 N–H and O–H groups in total. The third-order valence-electron chi connectivity index (χ3n) is 5.52. The molecule has 34 heavy (non-hydrogen) atoms. The predicted molar refractivity (Wildman–Crippen MR) is 127 cm³/mol. The van der Waals surface area contributed by atoms with Gasteiger partial charge in [-0.15, -0.1) is 0 Å². The van der Waals surface area contributed by atoms with E-state index >= 15 is 0 Å². The Morgan fingerprint density at radius 1 is 1.06 bits per heavy atom. The van der Waals surface area contributed by atoms with Crippen LogP contribution in [0.2, 0.25) is 0 Å². The smallest absolute Gasteiger partial charge is 0.295 e. The Bertz CT molecular complexity index is 1240. The zero-order chi connectivity index (χ0) is 24.2. The summed E-state index contributed by atoms with van der Waals surface area (Å²) in [5.74, 6) is -0.929. The van der Waals surface area contributed by atoms with Gasteiger partial charge in [-0.25, -0.2) is 0 Å². The van der Waals surface area contributed by atoms with Gasteiger partial charge in [-0.1, -0.05) is 38.1 Å². The van der Waals surface area contributed by atoms with Crippen molar-refractivity contribution in [1.82, 2.24) is 9.88 Å². The second-order valence-corrected chi connectivity index (χ2v) is 8.61. The molecule has 1 saturated heterocycles. The van der Waals surface area contributed by atoms with Crippen molar-refractivity contribution in [1.29, 1.82) is 0 Å². The van der Waals surface area contributed by atoms with Crippen molar-refractivity contribution < 1.29 is 24.5 Å². The Hall–Kier alpha value is -4.13. The number of rotatable bonds is 7. The van der Waals surface area contributed by atoms with Gasteiger partial charge in [-0.05, 0) is 53.4 Å². The number of phenols is 1. The summed E-state index contributed by atoms with van der Waals surface area (Å²) >= 11 is 0. The summed E-state index contributed by atoms with van der Waals surface area (Å²) < 4.78 is 5.76. The van der Waals surface area contributed by atoms with E-state index in [-0.39, 0.29) is 23.6 Å². The third kappa shape index (κ3) is 4.78. The number of ketones is 1. The van der Waals surface area contributed by atoms with Crippen molar-refractivity contribution in [2.24, 2.45) is 5.92 Å². The van der Waals surface area contributed by atoms with Crippen LogP contribution in [0.1, 0.15) is 36.6 Å². The van der Waals surface area contributed by atoms with E-state index < -0.39 is 17.7 Å². The number of aliphatic hydroxyl groups is 1. The molecule has 4 rings (SSSR count). The maximum Gasteiger partial charge on any atom is 0.295 e. The topological polar surface area (TPSA) is 100.0 Å². The van der Waals surface area contributed by atoms with Gasteiger partial charge in [0.1, 0.15) is 17.3 Å². The fraction of sp³-hybridized carbons (Fsp3) is 0.222. The van der Waals surface area contributed by atoms with E-state index in [2.05, 4.69) is 4.98 Å². The Balaban J connectivity index is 1.81. The van der Waals surface area contributed by atoms with Crippen LogP contribution in [-0.2, 0) is 16.1 Å². The zero-order valence-corrected chi connectivity index (χ0v) is 19.0. The maximum atomic E-state index is 13.2. The molecule has 7 heteroatoms. The van der Waals surface area contributed by atoms with Crippen LogP contribution >= 0.6 is 0 Å². The average molecular weight is 459 g/mol. The number of aromatic nitrogens is 1. The van der Waals surface area contributed by atoms with E-state index in [1.165, 1.54) is 17.0 Å². The van der Waals surface area contributed by atoms with Crippen LogP contribution in [0.25, 0.3) is 5.76 Å². The molecule has 1 aliphatic rings. The minimum atomic E-state index is -0.875. The standard InChI is InChI=1S/C27H26N2O5/c1-17(2)16-34-22-8-4-6-20(14-22)25(31)23-24(19-5-3-7-21(30)13-19)29(27(33)26(23)32)15-18-9-11-28-12-10-18/h3-14,17,24,30-31H,15-16H2,1-2H3/b25-23-. The number of nitrogens with zero attached hydrogens (tertiary/aromatic N) is 2. The highest BCUT2D eigenvalue weighted by atomic mass is 16.5. The van der Waals surface area contributed by atoms with Gasteiger partial charge in [0.15, 0.2) is 0 Å². The molecular weight excluding hydrogens is 432 g/mol. The van der Waals surface area contributed by atoms with Crippen LogP contribution in [0.5, 0.6) is 11.5 Å². The third-order valence-corrected chi connectivity index (χ3v) is 5.52. The fourth-order valence-electron chi connectivity index (χ4n) is 3.92. The lowest BCUT2D eigenvalue weighted by atomic mass is 9.95. The van der Waals surface area contributed by atoms with Gasteiger partial charge in [-0.3, -0.25) is 14.6 Å². The summed E-state index contributed by atoms with van der Waals surface area (Å²) in [5, 5.41) is 21.3. The van der Waals surface area contributed by atoms with Gasteiger partial charge in [0.05, 0.1) is 18.2 Å². The van der Waals surface area contributed by atoms with Crippen molar-refractivity contribution in [2.45, 2.75) is 26.4 Å². The van der Waals surface area contributed by atoms with Crippen molar-refractivity contribution in [3.05, 3.63) is 95.3 Å². The molecule has 0 radical (unpaired) electrons. The predicted octanol–water partition coefficient (Wildman–Crippen LogP) is 4.44. The number of hydrogen-bond acceptors (Lipinski definition) is 6. The minimum absolute atomic E-state index is 0.00363. The molecule has 0 spiro atoms. The summed E-state index contributed by atoms with van der Waals surface area (Å²) in [7, 11) is 0. The number of amides is 1. The highest BCUT2D eigenvalue weighted by molar-refractivity contribution is 6.46. The monoisotopic (exact) mass is 458 g/mol. The number of aromatic hydroxyl groups is 1. The van der Waals surface area contributed by atoms with E-state index in [1.807, 2.05) is 13.8 Å². The first-order chi connectivity index (χ1) is 16.3. The van der Waals surface area contributed by atoms with E-state index in [0.29, 0.717) is 29.4 Å². The van der Waals surface area contributed by atoms with Crippen LogP contribution in [0.4, 0.5) is 0 Å². The van der Waals surface area contributed by atoms with E-state index in [9.17, 15) is 19.8 Å². The average Bonchev–Trinajstić information content (AvgIpc) is 3.08. The minimum Gasteiger partial charge on any atom is -0.508 e. The summed E-state index contributed by atoms with van der Waals surface area (Å²) in [4.78, 5) is 31.7. The lowest BCUT2D eigenvalue weighted by Gasteiger charge is -2.25. The highest BCUT2D eigenvalue weighted by Gasteiger charge is 2.46. The summed E-state index contributed by atoms with van der Waals surface area (Å²) in [6.45, 7) is 4.71. The van der Waals surface area contributed by atoms with E-state index in [4.69, 9.17) is 4.74 Å². The second kappa shape index (κ2) is 9.79. The number of likely N-dealkylation sites (tertiary alicyclic amines) is 1. The van der Waals surface area contributed by atoms with Gasteiger partial charge >= 0.3 is 0 Å². The molecule has 2 aromatic carbocycles. The van der Waals surface area contributed by atoms with Crippen molar-refractivity contribution in [3.63, 3.8) is 0 Å². The van der Waals surface area contributed by atoms with Crippen molar-refractivity contribution in [3.8, 4) is 11.5 Å². The first kappa shape index (κ1) is 23.0. The van der Waals surface area contributed by atoms with Crippen LogP contribution < -0.4 is 4.74 Å². The number of Topliss-reactive ketones (excluding diaryl/α,β-unsaturated/α-hetero) is 1. The molecule has 1 amide bonds. The second-order valence-electron chi connectivity index (χ2n) is 8.61. The molecule has 174 valence electrons. The first-order valence-electron chi connectivity index (χ1n) is 11.0. The lowest BCUT2D eigenvalue weighted by Crippen LogP contribution is -2.29. The number of carbonyl (C=O) groups is 2. The molecule has 7 nitrogen and oxygen atoms in total. The summed E-state index contributed by atoms with van der Waals surface area (Å²) in [5.41, 5.74) is 1.63. The van der Waals surface area contributed by atoms with Gasteiger partial charge in [0.2, 0.25) is 0 Å². The summed E-state index contributed by atoms with van der Waals surface area (Å²) in [6.07, 6.45) is 3.22. The maximum absolute atomic E-state index is 13.2. The van der Waals surface area contributed by atoms with Crippen LogP contribution in [0.15, 0.2) is 78.6 Å². The summed E-state index contributed by atoms with van der Waals surface area (Å²) in [6, 6.07) is 15.8. The number of carbonyl (C=O) groups excluding carboxylic acids is 2. The van der Waals surface area contributed by atoms with Crippen LogP contribution in [0.3, 0.4) is 0 Å².